The standard InChI is InChI=1S/C12H17NO3/c1-12(2,3)10-6-4-9(5-7-10)11(14)8-13(15)16/h4-7,11,14H,8H2,1-3H3. The first kappa shape index (κ1) is 12.6. The Hall–Kier alpha value is -1.42. The molecule has 1 aromatic rings. The van der Waals surface area contributed by atoms with Crippen molar-refractivity contribution in [3.63, 3.8) is 0 Å². The molecule has 0 spiro atoms. The fraction of sp³-hybridized carbons (Fsp3) is 0.500. The Bertz CT molecular complexity index is 365. The average Bonchev–Trinajstić information content (AvgIpc) is 2.15. The summed E-state index contributed by atoms with van der Waals surface area (Å²) in [4.78, 5) is 9.74. The maximum Gasteiger partial charge on any atom is 0.233 e. The molecule has 0 amide bonds. The zero-order chi connectivity index (χ0) is 12.3. The van der Waals surface area contributed by atoms with Crippen molar-refractivity contribution < 1.29 is 10.0 Å². The second kappa shape index (κ2) is 4.61. The van der Waals surface area contributed by atoms with Gasteiger partial charge < -0.3 is 5.11 Å². The van der Waals surface area contributed by atoms with E-state index in [1.54, 1.807) is 12.1 Å². The summed E-state index contributed by atoms with van der Waals surface area (Å²) < 4.78 is 0. The van der Waals surface area contributed by atoms with Gasteiger partial charge in [-0.3, -0.25) is 10.1 Å². The van der Waals surface area contributed by atoms with Crippen LogP contribution in [0.2, 0.25) is 0 Å². The van der Waals surface area contributed by atoms with Crippen molar-refractivity contribution in [2.45, 2.75) is 32.3 Å². The lowest BCUT2D eigenvalue weighted by Crippen LogP contribution is -2.13. The summed E-state index contributed by atoms with van der Waals surface area (Å²) in [5, 5.41) is 19.8. The summed E-state index contributed by atoms with van der Waals surface area (Å²) in [6.45, 7) is 5.83. The van der Waals surface area contributed by atoms with Crippen molar-refractivity contribution >= 4 is 0 Å². The van der Waals surface area contributed by atoms with Crippen LogP contribution in [0, 0.1) is 10.1 Å². The highest BCUT2D eigenvalue weighted by Crippen LogP contribution is 2.23. The van der Waals surface area contributed by atoms with E-state index in [9.17, 15) is 15.2 Å². The number of nitrogens with zero attached hydrogens (tertiary/aromatic N) is 1. The van der Waals surface area contributed by atoms with Gasteiger partial charge in [-0.05, 0) is 16.5 Å². The van der Waals surface area contributed by atoms with Gasteiger partial charge in [0.15, 0.2) is 0 Å². The van der Waals surface area contributed by atoms with Crippen molar-refractivity contribution in [2.24, 2.45) is 0 Å². The van der Waals surface area contributed by atoms with Gasteiger partial charge in [0.1, 0.15) is 6.10 Å². The Morgan fingerprint density at radius 3 is 2.19 bits per heavy atom. The molecule has 1 aromatic carbocycles. The molecule has 1 N–H and O–H groups in total. The number of benzene rings is 1. The minimum atomic E-state index is -1.02. The largest absolute Gasteiger partial charge is 0.382 e. The SMILES string of the molecule is CC(C)(C)c1ccc(C(O)C[N+](=O)[O-])cc1. The van der Waals surface area contributed by atoms with Gasteiger partial charge in [-0.1, -0.05) is 45.0 Å². The highest BCUT2D eigenvalue weighted by Gasteiger charge is 2.16. The molecule has 1 unspecified atom stereocenters. The molecular formula is C12H17NO3. The molecule has 0 aliphatic rings. The van der Waals surface area contributed by atoms with Gasteiger partial charge >= 0.3 is 0 Å². The van der Waals surface area contributed by atoms with Crippen LogP contribution in [0.3, 0.4) is 0 Å². The summed E-state index contributed by atoms with van der Waals surface area (Å²) >= 11 is 0. The maximum absolute atomic E-state index is 10.3. The molecular weight excluding hydrogens is 206 g/mol. The number of rotatable bonds is 3. The highest BCUT2D eigenvalue weighted by molar-refractivity contribution is 5.28. The van der Waals surface area contributed by atoms with Crippen LogP contribution in [-0.2, 0) is 5.41 Å². The Morgan fingerprint density at radius 1 is 1.31 bits per heavy atom. The molecule has 88 valence electrons. The lowest BCUT2D eigenvalue weighted by molar-refractivity contribution is -0.491. The molecule has 1 rings (SSSR count). The molecule has 0 saturated heterocycles. The van der Waals surface area contributed by atoms with Crippen LogP contribution >= 0.6 is 0 Å². The van der Waals surface area contributed by atoms with Gasteiger partial charge in [-0.25, -0.2) is 0 Å². The monoisotopic (exact) mass is 223 g/mol. The number of aliphatic hydroxyl groups is 1. The minimum absolute atomic E-state index is 0.0482. The van der Waals surface area contributed by atoms with E-state index in [4.69, 9.17) is 0 Å². The van der Waals surface area contributed by atoms with E-state index < -0.39 is 17.6 Å². The molecule has 0 saturated carbocycles. The molecule has 4 nitrogen and oxygen atoms in total. The van der Waals surface area contributed by atoms with Crippen LogP contribution in [0.25, 0.3) is 0 Å². The normalized spacial score (nSPS) is 13.5. The molecule has 0 aromatic heterocycles. The van der Waals surface area contributed by atoms with Gasteiger partial charge in [0, 0.05) is 4.92 Å². The smallest absolute Gasteiger partial charge is 0.233 e. The highest BCUT2D eigenvalue weighted by atomic mass is 16.6. The van der Waals surface area contributed by atoms with Crippen molar-refractivity contribution in [3.8, 4) is 0 Å². The molecule has 0 fully saturated rings. The molecule has 0 radical (unpaired) electrons. The Morgan fingerprint density at radius 2 is 1.81 bits per heavy atom. The Labute approximate surface area is 95.1 Å². The van der Waals surface area contributed by atoms with Crippen LogP contribution < -0.4 is 0 Å². The predicted molar refractivity (Wildman–Crippen MR) is 62.0 cm³/mol. The first-order chi connectivity index (χ1) is 7.30. The quantitative estimate of drug-likeness (QED) is 0.631. The summed E-state index contributed by atoms with van der Waals surface area (Å²) in [7, 11) is 0. The Kier molecular flexibility index (Phi) is 3.65. The van der Waals surface area contributed by atoms with E-state index in [-0.39, 0.29) is 5.41 Å². The first-order valence-electron chi connectivity index (χ1n) is 5.21. The fourth-order valence-corrected chi connectivity index (χ4v) is 1.45. The zero-order valence-electron chi connectivity index (χ0n) is 9.80. The van der Waals surface area contributed by atoms with Crippen LogP contribution in [0.5, 0.6) is 0 Å². The van der Waals surface area contributed by atoms with Crippen LogP contribution in [0.4, 0.5) is 0 Å². The van der Waals surface area contributed by atoms with Crippen LogP contribution in [0.15, 0.2) is 24.3 Å². The Balaban J connectivity index is 2.83. The molecule has 4 heteroatoms. The van der Waals surface area contributed by atoms with Crippen molar-refractivity contribution in [3.05, 3.63) is 45.5 Å². The summed E-state index contributed by atoms with van der Waals surface area (Å²) in [5.41, 5.74) is 1.78. The van der Waals surface area contributed by atoms with Crippen LogP contribution in [-0.4, -0.2) is 16.6 Å². The third-order valence-electron chi connectivity index (χ3n) is 2.48. The van der Waals surface area contributed by atoms with E-state index >= 15 is 0 Å². The molecule has 0 bridgehead atoms. The first-order valence-corrected chi connectivity index (χ1v) is 5.21. The summed E-state index contributed by atoms with van der Waals surface area (Å²) in [6, 6.07) is 7.29. The molecule has 0 heterocycles. The summed E-state index contributed by atoms with van der Waals surface area (Å²) in [6.07, 6.45) is -1.02. The van der Waals surface area contributed by atoms with E-state index in [2.05, 4.69) is 20.8 Å². The third-order valence-corrected chi connectivity index (χ3v) is 2.48. The topological polar surface area (TPSA) is 63.4 Å². The zero-order valence-corrected chi connectivity index (χ0v) is 9.80. The predicted octanol–water partition coefficient (Wildman–Crippen LogP) is 2.29. The second-order valence-electron chi connectivity index (χ2n) is 4.90. The molecule has 0 aliphatic carbocycles. The van der Waals surface area contributed by atoms with Gasteiger partial charge in [-0.15, -0.1) is 0 Å². The van der Waals surface area contributed by atoms with E-state index in [1.165, 1.54) is 0 Å². The molecule has 16 heavy (non-hydrogen) atoms. The van der Waals surface area contributed by atoms with Gasteiger partial charge in [0.05, 0.1) is 0 Å². The molecule has 1 atom stereocenters. The van der Waals surface area contributed by atoms with Gasteiger partial charge in [0.2, 0.25) is 6.54 Å². The summed E-state index contributed by atoms with van der Waals surface area (Å²) in [5.74, 6) is 0. The van der Waals surface area contributed by atoms with E-state index in [0.717, 1.165) is 5.56 Å². The number of aliphatic hydroxyl groups excluding tert-OH is 1. The number of nitro groups is 1. The number of hydrogen-bond donors (Lipinski definition) is 1. The average molecular weight is 223 g/mol. The minimum Gasteiger partial charge on any atom is -0.382 e. The van der Waals surface area contributed by atoms with Crippen molar-refractivity contribution in [1.82, 2.24) is 0 Å². The molecule has 0 aliphatic heterocycles. The van der Waals surface area contributed by atoms with Gasteiger partial charge in [-0.2, -0.15) is 0 Å². The number of hydrogen-bond acceptors (Lipinski definition) is 3. The van der Waals surface area contributed by atoms with E-state index in [0.29, 0.717) is 5.56 Å². The third kappa shape index (κ3) is 3.31. The van der Waals surface area contributed by atoms with Crippen molar-refractivity contribution in [1.29, 1.82) is 0 Å². The van der Waals surface area contributed by atoms with Crippen LogP contribution in [0.1, 0.15) is 38.0 Å². The lowest BCUT2D eigenvalue weighted by Gasteiger charge is -2.19. The second-order valence-corrected chi connectivity index (χ2v) is 4.90. The lowest BCUT2D eigenvalue weighted by atomic mass is 9.86. The van der Waals surface area contributed by atoms with Crippen molar-refractivity contribution in [2.75, 3.05) is 6.54 Å². The van der Waals surface area contributed by atoms with Gasteiger partial charge in [0.25, 0.3) is 0 Å². The fourth-order valence-electron chi connectivity index (χ4n) is 1.45. The van der Waals surface area contributed by atoms with E-state index in [1.807, 2.05) is 12.1 Å². The maximum atomic E-state index is 10.3.